The molecule has 1 nitrogen and oxygen atoms in total. The molecular weight excluding hydrogens is 160 g/mol. The highest BCUT2D eigenvalue weighted by Crippen LogP contribution is 2.14. The Kier molecular flexibility index (Phi) is 6.21. The van der Waals surface area contributed by atoms with Crippen molar-refractivity contribution in [3.8, 4) is 0 Å². The third-order valence-corrected chi connectivity index (χ3v) is 2.02. The molecule has 0 rings (SSSR count). The summed E-state index contributed by atoms with van der Waals surface area (Å²) >= 11 is 0. The maximum Gasteiger partial charge on any atom is 0.198 e. The molecule has 2 atom stereocenters. The number of rotatable bonds is 6. The van der Waals surface area contributed by atoms with Crippen LogP contribution in [0.3, 0.4) is 0 Å². The van der Waals surface area contributed by atoms with E-state index in [9.17, 15) is 4.79 Å². The van der Waals surface area contributed by atoms with Crippen LogP contribution in [-0.4, -0.2) is 6.29 Å². The third-order valence-electron chi connectivity index (χ3n) is 2.02. The minimum atomic E-state index is 0.314. The van der Waals surface area contributed by atoms with E-state index in [0.29, 0.717) is 18.3 Å². The van der Waals surface area contributed by atoms with Gasteiger partial charge in [-0.05, 0) is 25.2 Å². The van der Waals surface area contributed by atoms with Gasteiger partial charge in [-0.25, -0.2) is 0 Å². The van der Waals surface area contributed by atoms with Crippen molar-refractivity contribution in [2.75, 3.05) is 0 Å². The average Bonchev–Trinajstić information content (AvgIpc) is 2.04. The highest BCUT2D eigenvalue weighted by molar-refractivity contribution is 5.51. The lowest BCUT2D eigenvalue weighted by atomic mass is 9.98. The summed E-state index contributed by atoms with van der Waals surface area (Å²) in [4.78, 5) is 10.1. The number of hydrogen-bond acceptors (Lipinski definition) is 1. The van der Waals surface area contributed by atoms with E-state index in [4.69, 9.17) is 0 Å². The van der Waals surface area contributed by atoms with Crippen molar-refractivity contribution in [1.29, 1.82) is 0 Å². The lowest BCUT2D eigenvalue weighted by Gasteiger charge is -2.08. The molecule has 0 aliphatic carbocycles. The summed E-state index contributed by atoms with van der Waals surface area (Å²) in [5, 5.41) is 0. The Morgan fingerprint density at radius 1 is 1.46 bits per heavy atom. The second kappa shape index (κ2) is 6.64. The number of carbonyl (C=O) groups excluding carboxylic acids is 1. The van der Waals surface area contributed by atoms with E-state index in [-0.39, 0.29) is 0 Å². The summed E-state index contributed by atoms with van der Waals surface area (Å²) in [7, 11) is 0. The van der Waals surface area contributed by atoms with Gasteiger partial charge in [0.2, 0.25) is 0 Å². The van der Waals surface area contributed by atoms with E-state index >= 15 is 0 Å². The Labute approximate surface area is 81.5 Å². The Morgan fingerprint density at radius 2 is 2.08 bits per heavy atom. The van der Waals surface area contributed by atoms with Gasteiger partial charge in [0, 0.05) is 6.42 Å². The van der Waals surface area contributed by atoms with Crippen LogP contribution in [0.25, 0.3) is 0 Å². The maximum absolute atomic E-state index is 10.1. The Hall–Kier alpha value is -0.850. The second-order valence-corrected chi connectivity index (χ2v) is 3.76. The van der Waals surface area contributed by atoms with E-state index in [0.717, 1.165) is 6.42 Å². The molecule has 1 radical (unpaired) electrons. The summed E-state index contributed by atoms with van der Waals surface area (Å²) in [5.74, 6) is 0.832. The number of allylic oxidation sites excluding steroid dienone is 3. The Bertz CT molecular complexity index is 191. The molecule has 0 aliphatic rings. The summed E-state index contributed by atoms with van der Waals surface area (Å²) < 4.78 is 0. The standard InChI is InChI=1S/C12H19O/c1-5-10(2)8-12(4)9-11(3)6-7-13/h5,9-11H,1,6,8H2,2-4H3/b12-9+. The molecule has 0 saturated heterocycles. The van der Waals surface area contributed by atoms with E-state index in [1.165, 1.54) is 5.57 Å². The van der Waals surface area contributed by atoms with Crippen molar-refractivity contribution in [2.24, 2.45) is 11.8 Å². The van der Waals surface area contributed by atoms with E-state index in [1.807, 2.05) is 19.3 Å². The SMILES string of the molecule is C=CC(C)C/C(C)=C/C(C)C[C]=O. The molecule has 0 fully saturated rings. The Morgan fingerprint density at radius 3 is 2.54 bits per heavy atom. The molecule has 13 heavy (non-hydrogen) atoms. The summed E-state index contributed by atoms with van der Waals surface area (Å²) in [6, 6.07) is 0. The van der Waals surface area contributed by atoms with Gasteiger partial charge in [-0.15, -0.1) is 6.58 Å². The summed E-state index contributed by atoms with van der Waals surface area (Å²) in [6.45, 7) is 10.0. The van der Waals surface area contributed by atoms with Crippen LogP contribution in [0.5, 0.6) is 0 Å². The molecule has 1 heteroatoms. The molecule has 0 saturated carbocycles. The predicted octanol–water partition coefficient (Wildman–Crippen LogP) is 3.28. The van der Waals surface area contributed by atoms with E-state index in [1.54, 1.807) is 0 Å². The summed E-state index contributed by atoms with van der Waals surface area (Å²) in [6.07, 6.45) is 7.56. The van der Waals surface area contributed by atoms with Crippen LogP contribution in [0.15, 0.2) is 24.3 Å². The van der Waals surface area contributed by atoms with Gasteiger partial charge in [-0.1, -0.05) is 31.6 Å². The maximum atomic E-state index is 10.1. The van der Waals surface area contributed by atoms with Crippen molar-refractivity contribution in [1.82, 2.24) is 0 Å². The van der Waals surface area contributed by atoms with Gasteiger partial charge in [-0.2, -0.15) is 0 Å². The van der Waals surface area contributed by atoms with E-state index in [2.05, 4.69) is 26.5 Å². The summed E-state index contributed by atoms with van der Waals surface area (Å²) in [5.41, 5.74) is 1.33. The first-order valence-corrected chi connectivity index (χ1v) is 4.75. The van der Waals surface area contributed by atoms with Gasteiger partial charge in [0.25, 0.3) is 0 Å². The molecule has 0 aromatic rings. The zero-order valence-corrected chi connectivity index (χ0v) is 8.84. The normalized spacial score (nSPS) is 16.4. The molecule has 0 N–H and O–H groups in total. The van der Waals surface area contributed by atoms with Crippen LogP contribution < -0.4 is 0 Å². The minimum Gasteiger partial charge on any atom is -0.291 e. The van der Waals surface area contributed by atoms with Gasteiger partial charge in [0.1, 0.15) is 0 Å². The van der Waals surface area contributed by atoms with Crippen LogP contribution in [-0.2, 0) is 4.79 Å². The third kappa shape index (κ3) is 6.32. The van der Waals surface area contributed by atoms with Crippen LogP contribution in [0.2, 0.25) is 0 Å². The topological polar surface area (TPSA) is 17.1 Å². The van der Waals surface area contributed by atoms with Crippen LogP contribution in [0.1, 0.15) is 33.6 Å². The predicted molar refractivity (Wildman–Crippen MR) is 57.2 cm³/mol. The number of hydrogen-bond donors (Lipinski definition) is 0. The first-order chi connectivity index (χ1) is 6.10. The lowest BCUT2D eigenvalue weighted by molar-refractivity contribution is 0.541. The fourth-order valence-electron chi connectivity index (χ4n) is 1.34. The molecule has 0 bridgehead atoms. The lowest BCUT2D eigenvalue weighted by Crippen LogP contribution is -1.95. The molecule has 2 unspecified atom stereocenters. The molecular formula is C12H19O. The van der Waals surface area contributed by atoms with Gasteiger partial charge < -0.3 is 0 Å². The monoisotopic (exact) mass is 179 g/mol. The van der Waals surface area contributed by atoms with Crippen molar-refractivity contribution in [2.45, 2.75) is 33.6 Å². The molecule has 0 aromatic carbocycles. The van der Waals surface area contributed by atoms with Crippen molar-refractivity contribution in [3.63, 3.8) is 0 Å². The molecule has 0 heterocycles. The van der Waals surface area contributed by atoms with Crippen LogP contribution in [0, 0.1) is 11.8 Å². The second-order valence-electron chi connectivity index (χ2n) is 3.76. The smallest absolute Gasteiger partial charge is 0.198 e. The highest BCUT2D eigenvalue weighted by Gasteiger charge is 2.01. The molecule has 73 valence electrons. The highest BCUT2D eigenvalue weighted by atomic mass is 16.1. The molecule has 0 aromatic heterocycles. The molecule has 0 spiro atoms. The minimum absolute atomic E-state index is 0.314. The van der Waals surface area contributed by atoms with Gasteiger partial charge in [0.05, 0.1) is 0 Å². The quantitative estimate of drug-likeness (QED) is 0.572. The van der Waals surface area contributed by atoms with Crippen molar-refractivity contribution >= 4 is 6.29 Å². The zero-order chi connectivity index (χ0) is 10.3. The van der Waals surface area contributed by atoms with E-state index < -0.39 is 0 Å². The fraction of sp³-hybridized carbons (Fsp3) is 0.583. The van der Waals surface area contributed by atoms with Gasteiger partial charge >= 0.3 is 0 Å². The first-order valence-electron chi connectivity index (χ1n) is 4.75. The first kappa shape index (κ1) is 12.2. The van der Waals surface area contributed by atoms with Gasteiger partial charge in [0.15, 0.2) is 6.29 Å². The fourth-order valence-corrected chi connectivity index (χ4v) is 1.34. The average molecular weight is 179 g/mol. The van der Waals surface area contributed by atoms with Gasteiger partial charge in [-0.3, -0.25) is 4.79 Å². The Balaban J connectivity index is 3.99. The molecule has 0 amide bonds. The zero-order valence-electron chi connectivity index (χ0n) is 8.84. The van der Waals surface area contributed by atoms with Crippen molar-refractivity contribution in [3.05, 3.63) is 24.3 Å². The van der Waals surface area contributed by atoms with Crippen molar-refractivity contribution < 1.29 is 4.79 Å². The largest absolute Gasteiger partial charge is 0.291 e. The van der Waals surface area contributed by atoms with Crippen LogP contribution >= 0.6 is 0 Å². The molecule has 0 aliphatic heterocycles. The van der Waals surface area contributed by atoms with Crippen LogP contribution in [0.4, 0.5) is 0 Å².